The molecule has 2 aromatic heterocycles. The molecule has 1 N–H and O–H groups in total. The van der Waals surface area contributed by atoms with Crippen LogP contribution in [0.5, 0.6) is 0 Å². The number of hydrogen-bond acceptors (Lipinski definition) is 6. The number of thiophene rings is 1. The number of urea groups is 1. The first-order valence-electron chi connectivity index (χ1n) is 8.14. The maximum absolute atomic E-state index is 12.8. The number of amides is 2. The van der Waals surface area contributed by atoms with Gasteiger partial charge in [-0.2, -0.15) is 0 Å². The van der Waals surface area contributed by atoms with E-state index in [2.05, 4.69) is 15.3 Å². The SMILES string of the molecule is Bc1cc(N2C(=O)Nc3c(C(=O)OCC)sc4ncnc2c34)ccc1C. The van der Waals surface area contributed by atoms with E-state index in [0.717, 1.165) is 11.0 Å². The molecule has 0 spiro atoms. The Hall–Kier alpha value is -2.94. The lowest BCUT2D eigenvalue weighted by atomic mass is 9.90. The molecule has 0 saturated heterocycles. The Bertz CT molecular complexity index is 1070. The third-order valence-electron chi connectivity index (χ3n) is 4.32. The molecule has 0 bridgehead atoms. The van der Waals surface area contributed by atoms with Gasteiger partial charge in [0.15, 0.2) is 5.82 Å². The number of aromatic nitrogens is 2. The van der Waals surface area contributed by atoms with Crippen LogP contribution < -0.4 is 15.7 Å². The lowest BCUT2D eigenvalue weighted by Crippen LogP contribution is -2.35. The van der Waals surface area contributed by atoms with E-state index >= 15 is 0 Å². The normalized spacial score (nSPS) is 13.0. The van der Waals surface area contributed by atoms with Gasteiger partial charge in [-0.15, -0.1) is 11.3 Å². The van der Waals surface area contributed by atoms with Gasteiger partial charge in [0, 0.05) is 0 Å². The van der Waals surface area contributed by atoms with Crippen molar-refractivity contribution in [1.82, 2.24) is 9.97 Å². The zero-order valence-corrected chi connectivity index (χ0v) is 15.3. The van der Waals surface area contributed by atoms with Crippen LogP contribution in [0.3, 0.4) is 0 Å². The monoisotopic (exact) mass is 366 g/mol. The Morgan fingerprint density at radius 3 is 2.92 bits per heavy atom. The summed E-state index contributed by atoms with van der Waals surface area (Å²) >= 11 is 1.19. The number of anilines is 3. The Labute approximate surface area is 154 Å². The summed E-state index contributed by atoms with van der Waals surface area (Å²) < 4.78 is 5.10. The van der Waals surface area contributed by atoms with Crippen molar-refractivity contribution in [2.45, 2.75) is 13.8 Å². The number of benzene rings is 1. The Kier molecular flexibility index (Phi) is 3.88. The van der Waals surface area contributed by atoms with E-state index in [1.807, 2.05) is 33.0 Å². The standard InChI is InChI=1S/C17H15BN4O3S/c1-3-25-16(23)13-12-11-14(19-7-20-15(11)26-13)22(17(24)21-12)9-5-4-8(2)10(18)6-9/h4-7H,3,18H2,1-2H3,(H,21,24). The van der Waals surface area contributed by atoms with Crippen LogP contribution in [0.25, 0.3) is 10.2 Å². The van der Waals surface area contributed by atoms with Crippen LogP contribution in [0.15, 0.2) is 24.5 Å². The molecule has 0 saturated carbocycles. The predicted molar refractivity (Wildman–Crippen MR) is 104 cm³/mol. The zero-order chi connectivity index (χ0) is 18.4. The first-order chi connectivity index (χ1) is 12.5. The van der Waals surface area contributed by atoms with Crippen molar-refractivity contribution in [3.8, 4) is 0 Å². The summed E-state index contributed by atoms with van der Waals surface area (Å²) in [6.45, 7) is 4.01. The number of carbonyl (C=O) groups excluding carboxylic acids is 2. The molecule has 0 atom stereocenters. The van der Waals surface area contributed by atoms with Gasteiger partial charge >= 0.3 is 12.0 Å². The van der Waals surface area contributed by atoms with Crippen LogP contribution in [0.1, 0.15) is 22.2 Å². The summed E-state index contributed by atoms with van der Waals surface area (Å²) in [5.41, 5.74) is 3.34. The van der Waals surface area contributed by atoms with Gasteiger partial charge in [0.25, 0.3) is 0 Å². The number of esters is 1. The second kappa shape index (κ2) is 6.10. The van der Waals surface area contributed by atoms with Crippen LogP contribution in [0.4, 0.5) is 22.0 Å². The van der Waals surface area contributed by atoms with E-state index in [9.17, 15) is 9.59 Å². The number of nitrogens with zero attached hydrogens (tertiary/aromatic N) is 3. The first kappa shape index (κ1) is 16.5. The van der Waals surface area contributed by atoms with Crippen LogP contribution >= 0.6 is 11.3 Å². The Morgan fingerprint density at radius 2 is 2.19 bits per heavy atom. The largest absolute Gasteiger partial charge is 0.462 e. The molecule has 0 fully saturated rings. The molecule has 2 amide bonds. The van der Waals surface area contributed by atoms with Crippen LogP contribution in [-0.2, 0) is 4.74 Å². The molecule has 0 radical (unpaired) electrons. The predicted octanol–water partition coefficient (Wildman–Crippen LogP) is 2.12. The lowest BCUT2D eigenvalue weighted by molar-refractivity contribution is 0.0533. The third-order valence-corrected chi connectivity index (χ3v) is 5.40. The van der Waals surface area contributed by atoms with Gasteiger partial charge in [-0.3, -0.25) is 0 Å². The van der Waals surface area contributed by atoms with Crippen molar-refractivity contribution in [3.05, 3.63) is 35.0 Å². The van der Waals surface area contributed by atoms with Crippen molar-refractivity contribution in [3.63, 3.8) is 0 Å². The van der Waals surface area contributed by atoms with Crippen molar-refractivity contribution < 1.29 is 14.3 Å². The highest BCUT2D eigenvalue weighted by Gasteiger charge is 2.34. The molecule has 3 heterocycles. The molecule has 3 aromatic rings. The highest BCUT2D eigenvalue weighted by Crippen LogP contribution is 2.44. The molecule has 26 heavy (non-hydrogen) atoms. The summed E-state index contributed by atoms with van der Waals surface area (Å²) in [5.74, 6) is -0.0137. The van der Waals surface area contributed by atoms with Crippen molar-refractivity contribution in [2.24, 2.45) is 0 Å². The van der Waals surface area contributed by atoms with Gasteiger partial charge in [-0.05, 0) is 26.0 Å². The number of nitrogens with one attached hydrogen (secondary N) is 1. The quantitative estimate of drug-likeness (QED) is 0.567. The molecule has 1 aromatic carbocycles. The second-order valence-corrected chi connectivity index (χ2v) is 6.94. The van der Waals surface area contributed by atoms with Gasteiger partial charge < -0.3 is 10.1 Å². The van der Waals surface area contributed by atoms with E-state index in [1.54, 1.807) is 6.92 Å². The van der Waals surface area contributed by atoms with Gasteiger partial charge in [0.1, 0.15) is 23.9 Å². The number of hydrogen-bond donors (Lipinski definition) is 1. The maximum atomic E-state index is 12.8. The summed E-state index contributed by atoms with van der Waals surface area (Å²) in [5, 5.41) is 3.46. The highest BCUT2D eigenvalue weighted by atomic mass is 32.1. The van der Waals surface area contributed by atoms with Crippen LogP contribution in [0.2, 0.25) is 0 Å². The molecule has 0 aliphatic carbocycles. The van der Waals surface area contributed by atoms with Crippen molar-refractivity contribution >= 4 is 64.1 Å². The minimum Gasteiger partial charge on any atom is -0.462 e. The lowest BCUT2D eigenvalue weighted by Gasteiger charge is -2.27. The van der Waals surface area contributed by atoms with E-state index in [4.69, 9.17) is 4.74 Å². The number of carbonyl (C=O) groups is 2. The van der Waals surface area contributed by atoms with Crippen molar-refractivity contribution in [2.75, 3.05) is 16.8 Å². The van der Waals surface area contributed by atoms with E-state index < -0.39 is 5.97 Å². The smallest absolute Gasteiger partial charge is 0.350 e. The molecule has 4 rings (SSSR count). The maximum Gasteiger partial charge on any atom is 0.350 e. The van der Waals surface area contributed by atoms with Gasteiger partial charge in [-0.25, -0.2) is 24.5 Å². The minimum atomic E-state index is -0.476. The molecular weight excluding hydrogens is 351 g/mol. The minimum absolute atomic E-state index is 0.258. The van der Waals surface area contributed by atoms with E-state index in [0.29, 0.717) is 32.3 Å². The number of rotatable bonds is 3. The molecule has 1 aliphatic heterocycles. The van der Waals surface area contributed by atoms with E-state index in [1.165, 1.54) is 22.6 Å². The summed E-state index contributed by atoms with van der Waals surface area (Å²) in [7, 11) is 1.99. The number of ether oxygens (including phenoxy) is 1. The molecule has 130 valence electrons. The fourth-order valence-corrected chi connectivity index (χ4v) is 3.90. The molecule has 7 nitrogen and oxygen atoms in total. The average Bonchev–Trinajstić information content (AvgIpc) is 2.98. The molecular formula is C17H15BN4O3S. The second-order valence-electron chi connectivity index (χ2n) is 5.94. The summed E-state index contributed by atoms with van der Waals surface area (Å²) in [6.07, 6.45) is 1.40. The van der Waals surface area contributed by atoms with Crippen molar-refractivity contribution in [1.29, 1.82) is 0 Å². The van der Waals surface area contributed by atoms with Gasteiger partial charge in [-0.1, -0.05) is 17.1 Å². The van der Waals surface area contributed by atoms with Gasteiger partial charge in [0.05, 0.1) is 23.4 Å². The van der Waals surface area contributed by atoms with Crippen LogP contribution in [-0.4, -0.2) is 36.4 Å². The first-order valence-corrected chi connectivity index (χ1v) is 8.96. The molecule has 1 aliphatic rings. The Balaban J connectivity index is 1.92. The summed E-state index contributed by atoms with van der Waals surface area (Å²) in [4.78, 5) is 36.1. The van der Waals surface area contributed by atoms with E-state index in [-0.39, 0.29) is 12.6 Å². The topological polar surface area (TPSA) is 84.4 Å². The average molecular weight is 366 g/mol. The summed E-state index contributed by atoms with van der Waals surface area (Å²) in [6, 6.07) is 5.40. The Morgan fingerprint density at radius 1 is 1.38 bits per heavy atom. The fraction of sp³-hybridized carbons (Fsp3) is 0.176. The zero-order valence-electron chi connectivity index (χ0n) is 14.5. The highest BCUT2D eigenvalue weighted by molar-refractivity contribution is 7.21. The fourth-order valence-electron chi connectivity index (χ4n) is 2.91. The van der Waals surface area contributed by atoms with Gasteiger partial charge in [0.2, 0.25) is 0 Å². The third kappa shape index (κ3) is 2.43. The number of aryl methyl sites for hydroxylation is 1. The molecule has 9 heteroatoms. The molecule has 0 unspecified atom stereocenters. The van der Waals surface area contributed by atoms with Crippen LogP contribution in [0, 0.1) is 6.92 Å².